The second-order valence-electron chi connectivity index (χ2n) is 5.94. The number of benzene rings is 1. The quantitative estimate of drug-likeness (QED) is 0.338. The van der Waals surface area contributed by atoms with Gasteiger partial charge in [-0.05, 0) is 46.3 Å². The molecule has 0 fully saturated rings. The van der Waals surface area contributed by atoms with E-state index in [0.29, 0.717) is 20.4 Å². The van der Waals surface area contributed by atoms with Crippen LogP contribution in [0.1, 0.15) is 10.4 Å². The van der Waals surface area contributed by atoms with Crippen molar-refractivity contribution in [1.82, 2.24) is 8.96 Å². The number of para-hydroxylation sites is 1. The lowest BCUT2D eigenvalue weighted by atomic mass is 10.1. The van der Waals surface area contributed by atoms with Gasteiger partial charge in [-0.3, -0.25) is 14.6 Å². The number of amides is 1. The van der Waals surface area contributed by atoms with Crippen LogP contribution in [0.4, 0.5) is 5.69 Å². The summed E-state index contributed by atoms with van der Waals surface area (Å²) in [5, 5.41) is 2.87. The van der Waals surface area contributed by atoms with Crippen molar-refractivity contribution in [3.63, 3.8) is 0 Å². The van der Waals surface area contributed by atoms with E-state index >= 15 is 0 Å². The molecule has 0 radical (unpaired) electrons. The zero-order valence-electron chi connectivity index (χ0n) is 14.6. The lowest BCUT2D eigenvalue weighted by Gasteiger charge is -2.04. The first-order valence-corrected chi connectivity index (χ1v) is 11.3. The van der Waals surface area contributed by atoms with Gasteiger partial charge in [-0.25, -0.2) is 3.97 Å². The second-order valence-corrected chi connectivity index (χ2v) is 10.4. The third-order valence-electron chi connectivity index (χ3n) is 4.13. The fourth-order valence-electron chi connectivity index (χ4n) is 2.81. The fourth-order valence-corrected chi connectivity index (χ4v) is 6.28. The molecule has 0 aliphatic heterocycles. The maximum atomic E-state index is 13.1. The van der Waals surface area contributed by atoms with Gasteiger partial charge in [0.2, 0.25) is 0 Å². The van der Waals surface area contributed by atoms with Crippen LogP contribution in [0.3, 0.4) is 0 Å². The molecule has 1 aromatic carbocycles. The lowest BCUT2D eigenvalue weighted by Crippen LogP contribution is -2.22. The number of hydrogen-bond donors (Lipinski definition) is 1. The summed E-state index contributed by atoms with van der Waals surface area (Å²) in [5.41, 5.74) is 0.738. The van der Waals surface area contributed by atoms with Crippen molar-refractivity contribution in [2.24, 2.45) is 0 Å². The number of pyridine rings is 1. The van der Waals surface area contributed by atoms with Crippen LogP contribution in [-0.4, -0.2) is 29.1 Å². The minimum atomic E-state index is -3.93. The maximum Gasteiger partial charge on any atom is 0.296 e. The van der Waals surface area contributed by atoms with Gasteiger partial charge in [0.05, 0.1) is 14.9 Å². The van der Waals surface area contributed by atoms with E-state index in [-0.39, 0.29) is 9.77 Å². The molecule has 0 saturated carbocycles. The number of carbonyl (C=O) groups excluding carboxylic acids is 2. The molecule has 3 heterocycles. The van der Waals surface area contributed by atoms with Crippen LogP contribution in [0.2, 0.25) is 0 Å². The Morgan fingerprint density at radius 2 is 1.76 bits per heavy atom. The van der Waals surface area contributed by atoms with E-state index < -0.39 is 21.7 Å². The molecule has 3 aromatic heterocycles. The summed E-state index contributed by atoms with van der Waals surface area (Å²) in [6.07, 6.45) is 4.16. The van der Waals surface area contributed by atoms with Gasteiger partial charge in [-0.2, -0.15) is 8.42 Å². The second kappa shape index (κ2) is 7.54. The highest BCUT2D eigenvalue weighted by Gasteiger charge is 2.27. The van der Waals surface area contributed by atoms with Gasteiger partial charge in [0, 0.05) is 29.7 Å². The average molecular weight is 490 g/mol. The van der Waals surface area contributed by atoms with Crippen molar-refractivity contribution in [2.45, 2.75) is 4.21 Å². The predicted molar refractivity (Wildman–Crippen MR) is 114 cm³/mol. The third kappa shape index (κ3) is 3.61. The fraction of sp³-hybridized carbons (Fsp3) is 0. The first-order valence-electron chi connectivity index (χ1n) is 8.24. The van der Waals surface area contributed by atoms with Gasteiger partial charge in [-0.15, -0.1) is 11.3 Å². The molecule has 0 saturated heterocycles. The van der Waals surface area contributed by atoms with Crippen LogP contribution < -0.4 is 5.32 Å². The largest absolute Gasteiger partial charge is 0.319 e. The minimum Gasteiger partial charge on any atom is -0.319 e. The first-order chi connectivity index (χ1) is 13.9. The van der Waals surface area contributed by atoms with Crippen LogP contribution >= 0.6 is 27.3 Å². The SMILES string of the molecule is O=C(Nc1ccncc1)C(=O)c1cn(S(=O)(=O)c2ccc(Br)s2)c2ccccc12. The van der Waals surface area contributed by atoms with Crippen molar-refractivity contribution in [2.75, 3.05) is 5.32 Å². The molecule has 7 nitrogen and oxygen atoms in total. The Morgan fingerprint density at radius 1 is 1.03 bits per heavy atom. The normalized spacial score (nSPS) is 11.5. The van der Waals surface area contributed by atoms with Crippen molar-refractivity contribution >= 4 is 65.6 Å². The topological polar surface area (TPSA) is 98.1 Å². The number of halogens is 1. The highest BCUT2D eigenvalue weighted by atomic mass is 79.9. The first kappa shape index (κ1) is 19.5. The Labute approximate surface area is 178 Å². The molecule has 146 valence electrons. The number of nitrogens with zero attached hydrogens (tertiary/aromatic N) is 2. The molecule has 0 aliphatic carbocycles. The van der Waals surface area contributed by atoms with Crippen molar-refractivity contribution in [1.29, 1.82) is 0 Å². The molecule has 1 amide bonds. The van der Waals surface area contributed by atoms with Gasteiger partial charge >= 0.3 is 0 Å². The van der Waals surface area contributed by atoms with E-state index in [1.54, 1.807) is 42.5 Å². The molecular weight excluding hydrogens is 478 g/mol. The Kier molecular flexibility index (Phi) is 5.07. The summed E-state index contributed by atoms with van der Waals surface area (Å²) in [7, 11) is -3.93. The van der Waals surface area contributed by atoms with Crippen molar-refractivity contribution < 1.29 is 18.0 Å². The van der Waals surface area contributed by atoms with Crippen molar-refractivity contribution in [3.05, 3.63) is 76.5 Å². The van der Waals surface area contributed by atoms with Crippen molar-refractivity contribution in [3.8, 4) is 0 Å². The summed E-state index contributed by atoms with van der Waals surface area (Å²) in [6.45, 7) is 0. The lowest BCUT2D eigenvalue weighted by molar-refractivity contribution is -0.112. The number of anilines is 1. The molecule has 0 unspecified atom stereocenters. The van der Waals surface area contributed by atoms with Gasteiger partial charge in [0.15, 0.2) is 0 Å². The summed E-state index contributed by atoms with van der Waals surface area (Å²) in [4.78, 5) is 29.1. The van der Waals surface area contributed by atoms with Crippen LogP contribution in [0, 0.1) is 0 Å². The van der Waals surface area contributed by atoms with Gasteiger partial charge in [0.25, 0.3) is 21.7 Å². The summed E-state index contributed by atoms with van der Waals surface area (Å²) < 4.78 is 28.0. The predicted octanol–water partition coefficient (Wildman–Crippen LogP) is 3.92. The number of thiophene rings is 1. The number of rotatable bonds is 5. The molecule has 0 spiro atoms. The Balaban J connectivity index is 1.79. The smallest absolute Gasteiger partial charge is 0.296 e. The van der Waals surface area contributed by atoms with E-state index in [9.17, 15) is 18.0 Å². The standard InChI is InChI=1S/C19H12BrN3O4S2/c20-16-5-6-17(28-16)29(26,27)23-11-14(13-3-1-2-4-15(13)23)18(24)19(25)22-12-7-9-21-10-8-12/h1-11H,(H,21,22,25). The minimum absolute atomic E-state index is 0.00588. The van der Waals surface area contributed by atoms with Gasteiger partial charge in [-0.1, -0.05) is 18.2 Å². The summed E-state index contributed by atoms with van der Waals surface area (Å²) in [5.74, 6) is -1.70. The zero-order chi connectivity index (χ0) is 20.6. The van der Waals surface area contributed by atoms with Crippen LogP contribution in [-0.2, 0) is 14.8 Å². The third-order valence-corrected chi connectivity index (χ3v) is 7.89. The summed E-state index contributed by atoms with van der Waals surface area (Å²) in [6, 6.07) is 12.8. The molecule has 0 aliphatic rings. The zero-order valence-corrected chi connectivity index (χ0v) is 17.8. The molecule has 0 atom stereocenters. The number of hydrogen-bond acceptors (Lipinski definition) is 6. The molecule has 10 heteroatoms. The number of ketones is 1. The Bertz CT molecular complexity index is 1340. The maximum absolute atomic E-state index is 13.1. The average Bonchev–Trinajstić information content (AvgIpc) is 3.33. The van der Waals surface area contributed by atoms with E-state index in [1.807, 2.05) is 0 Å². The molecular formula is C19H12BrN3O4S2. The molecule has 4 aromatic rings. The van der Waals surface area contributed by atoms with E-state index in [0.717, 1.165) is 15.3 Å². The number of aromatic nitrogens is 2. The van der Waals surface area contributed by atoms with Gasteiger partial charge < -0.3 is 5.32 Å². The number of carbonyl (C=O) groups is 2. The highest BCUT2D eigenvalue weighted by Crippen LogP contribution is 2.31. The molecule has 0 bridgehead atoms. The number of nitrogens with one attached hydrogen (secondary N) is 1. The monoisotopic (exact) mass is 489 g/mol. The number of Topliss-reactive ketones (excluding diaryl/α,β-unsaturated/α-hetero) is 1. The molecule has 1 N–H and O–H groups in total. The van der Waals surface area contributed by atoms with E-state index in [1.165, 1.54) is 24.7 Å². The van der Waals surface area contributed by atoms with Crippen LogP contribution in [0.25, 0.3) is 10.9 Å². The van der Waals surface area contributed by atoms with Gasteiger partial charge in [0.1, 0.15) is 4.21 Å². The highest BCUT2D eigenvalue weighted by molar-refractivity contribution is 9.11. The van der Waals surface area contributed by atoms with E-state index in [4.69, 9.17) is 0 Å². The van der Waals surface area contributed by atoms with Crippen LogP contribution in [0.15, 0.2) is 75.1 Å². The number of fused-ring (bicyclic) bond motifs is 1. The Morgan fingerprint density at radius 3 is 2.45 bits per heavy atom. The van der Waals surface area contributed by atoms with E-state index in [2.05, 4.69) is 26.2 Å². The molecule has 29 heavy (non-hydrogen) atoms. The molecule has 4 rings (SSSR count). The summed E-state index contributed by atoms with van der Waals surface area (Å²) >= 11 is 4.32. The van der Waals surface area contributed by atoms with Crippen LogP contribution in [0.5, 0.6) is 0 Å². The Hall–Kier alpha value is -2.82.